The third-order valence-electron chi connectivity index (χ3n) is 8.34. The van der Waals surface area contributed by atoms with E-state index in [-0.39, 0.29) is 12.8 Å². The number of hydrogen-bond acceptors (Lipinski definition) is 11. The summed E-state index contributed by atoms with van der Waals surface area (Å²) in [6, 6.07) is 0. The zero-order chi connectivity index (χ0) is 44.6. The van der Waals surface area contributed by atoms with Crippen LogP contribution in [0.5, 0.6) is 0 Å². The van der Waals surface area contributed by atoms with Crippen molar-refractivity contribution in [1.82, 2.24) is 0 Å². The van der Waals surface area contributed by atoms with Gasteiger partial charge in [0.2, 0.25) is 0 Å². The molecule has 4 atom stereocenters. The lowest BCUT2D eigenvalue weighted by Crippen LogP contribution is -2.30. The van der Waals surface area contributed by atoms with Crippen molar-refractivity contribution in [3.63, 3.8) is 0 Å². The Bertz CT molecular complexity index is 1400. The van der Waals surface area contributed by atoms with E-state index < -0.39 is 72.3 Å². The van der Waals surface area contributed by atoms with E-state index in [0.29, 0.717) is 32.1 Å². The minimum absolute atomic E-state index is 0.0766. The smallest absolute Gasteiger partial charge is 0.462 e. The molecule has 0 spiro atoms. The van der Waals surface area contributed by atoms with E-state index in [9.17, 15) is 33.8 Å². The largest absolute Gasteiger partial charge is 0.472 e. The van der Waals surface area contributed by atoms with Crippen molar-refractivity contribution in [1.29, 1.82) is 0 Å². The summed E-state index contributed by atoms with van der Waals surface area (Å²) >= 11 is 0. The van der Waals surface area contributed by atoms with Gasteiger partial charge in [0.1, 0.15) is 12.7 Å². The molecule has 0 saturated heterocycles. The highest BCUT2D eigenvalue weighted by atomic mass is 31.2. The number of hydrogen-bond donors (Lipinski definition) is 5. The molecule has 0 aromatic rings. The van der Waals surface area contributed by atoms with Crippen molar-refractivity contribution in [2.24, 2.45) is 0 Å². The van der Waals surface area contributed by atoms with Crippen LogP contribution in [0, 0.1) is 0 Å². The van der Waals surface area contributed by atoms with Crippen LogP contribution in [0.15, 0.2) is 85.1 Å². The van der Waals surface area contributed by atoms with Gasteiger partial charge in [-0.15, -0.1) is 0 Å². The van der Waals surface area contributed by atoms with E-state index >= 15 is 0 Å². The van der Waals surface area contributed by atoms with Crippen LogP contribution in [0.25, 0.3) is 0 Å². The lowest BCUT2D eigenvalue weighted by Gasteiger charge is -2.20. The number of esters is 2. The molecule has 16 heteroatoms. The van der Waals surface area contributed by atoms with E-state index in [1.54, 1.807) is 6.08 Å². The van der Waals surface area contributed by atoms with Crippen LogP contribution in [0.4, 0.5) is 0 Å². The molecule has 0 amide bonds. The fourth-order valence-corrected chi connectivity index (χ4v) is 6.24. The minimum atomic E-state index is -4.88. The second kappa shape index (κ2) is 39.1. The highest BCUT2D eigenvalue weighted by Gasteiger charge is 2.28. The van der Waals surface area contributed by atoms with Crippen LogP contribution in [0.3, 0.4) is 0 Å². The fraction of sp³-hybridized carbons (Fsp3) is 0.636. The Morgan fingerprint density at radius 1 is 0.567 bits per heavy atom. The van der Waals surface area contributed by atoms with Gasteiger partial charge < -0.3 is 34.4 Å². The molecule has 0 heterocycles. The Hall–Kier alpha value is -2.74. The second-order valence-corrected chi connectivity index (χ2v) is 16.8. The van der Waals surface area contributed by atoms with Gasteiger partial charge in [0.25, 0.3) is 0 Å². The maximum atomic E-state index is 12.6. The molecule has 0 aliphatic carbocycles. The first kappa shape index (κ1) is 57.3. The Labute approximate surface area is 359 Å². The summed E-state index contributed by atoms with van der Waals surface area (Å²) in [5.41, 5.74) is 0. The number of aliphatic hydroxyl groups is 2. The van der Waals surface area contributed by atoms with Crippen LogP contribution >= 0.6 is 15.6 Å². The summed E-state index contributed by atoms with van der Waals surface area (Å²) < 4.78 is 47.6. The average Bonchev–Trinajstić information content (AvgIpc) is 3.20. The van der Waals surface area contributed by atoms with E-state index in [1.807, 2.05) is 36.5 Å². The van der Waals surface area contributed by atoms with Crippen molar-refractivity contribution in [2.75, 3.05) is 26.4 Å². The lowest BCUT2D eigenvalue weighted by atomic mass is 10.1. The van der Waals surface area contributed by atoms with Crippen molar-refractivity contribution >= 4 is 27.6 Å². The standard InChI is InChI=1S/C44H74O14P2/c1-3-5-7-9-11-12-13-14-15-16-17-18-22-27-31-35-44(48)58-42(39-57-60(52,53)56-37-41(46)36-55-59(49,50)51)38-54-43(47)34-30-26-23-19-21-25-29-33-40(45)32-28-24-20-10-8-6-4-2/h5,7,11-12,14-15,19-20,23-25,28-29,32,40-42,45-46H,3-4,6,8-10,13,16-18,21-22,26-27,30-31,33-39H2,1-2H3,(H,52,53)(H2,49,50,51)/b7-5-,12-11-,15-14-,23-19+,24-20-,29-25-,32-28-/t40-,41+,42-/m1/s1. The molecule has 0 bridgehead atoms. The van der Waals surface area contributed by atoms with Crippen molar-refractivity contribution in [3.05, 3.63) is 85.1 Å². The summed E-state index contributed by atoms with van der Waals surface area (Å²) in [5.74, 6) is -1.17. The highest BCUT2D eigenvalue weighted by molar-refractivity contribution is 7.47. The summed E-state index contributed by atoms with van der Waals surface area (Å²) in [6.07, 6.45) is 40.3. The first-order valence-corrected chi connectivity index (χ1v) is 24.4. The van der Waals surface area contributed by atoms with Gasteiger partial charge in [-0.3, -0.25) is 23.2 Å². The summed E-state index contributed by atoms with van der Waals surface area (Å²) in [6.45, 7) is 1.43. The number of rotatable bonds is 39. The minimum Gasteiger partial charge on any atom is -0.462 e. The van der Waals surface area contributed by atoms with Gasteiger partial charge in [0.05, 0.1) is 25.9 Å². The van der Waals surface area contributed by atoms with Crippen LogP contribution in [0.1, 0.15) is 136 Å². The number of unbranched alkanes of at least 4 members (excludes halogenated alkanes) is 9. The van der Waals surface area contributed by atoms with Crippen molar-refractivity contribution in [2.45, 2.75) is 154 Å². The zero-order valence-electron chi connectivity index (χ0n) is 35.9. The highest BCUT2D eigenvalue weighted by Crippen LogP contribution is 2.43. The molecule has 0 aromatic carbocycles. The monoisotopic (exact) mass is 888 g/mol. The van der Waals surface area contributed by atoms with Gasteiger partial charge in [0, 0.05) is 12.8 Å². The van der Waals surface area contributed by atoms with Crippen LogP contribution < -0.4 is 0 Å². The molecule has 0 fully saturated rings. The number of allylic oxidation sites excluding steroid dienone is 12. The molecule has 0 saturated carbocycles. The first-order valence-electron chi connectivity index (χ1n) is 21.4. The number of phosphoric acid groups is 2. The van der Waals surface area contributed by atoms with Gasteiger partial charge in [0.15, 0.2) is 6.10 Å². The number of carbonyl (C=O) groups is 2. The van der Waals surface area contributed by atoms with Crippen LogP contribution in [0.2, 0.25) is 0 Å². The summed E-state index contributed by atoms with van der Waals surface area (Å²) in [5, 5.41) is 19.8. The molecular formula is C44H74O14P2. The lowest BCUT2D eigenvalue weighted by molar-refractivity contribution is -0.161. The molecule has 14 nitrogen and oxygen atoms in total. The summed E-state index contributed by atoms with van der Waals surface area (Å²) in [4.78, 5) is 52.6. The summed E-state index contributed by atoms with van der Waals surface area (Å²) in [7, 11) is -9.72. The van der Waals surface area contributed by atoms with Gasteiger partial charge in [-0.25, -0.2) is 9.13 Å². The van der Waals surface area contributed by atoms with Gasteiger partial charge in [-0.2, -0.15) is 0 Å². The predicted octanol–water partition coefficient (Wildman–Crippen LogP) is 9.75. The molecule has 0 aromatic heterocycles. The topological polar surface area (TPSA) is 216 Å². The Morgan fingerprint density at radius 2 is 1.12 bits per heavy atom. The fourth-order valence-electron chi connectivity index (χ4n) is 5.08. The van der Waals surface area contributed by atoms with E-state index in [1.165, 1.54) is 19.3 Å². The predicted molar refractivity (Wildman–Crippen MR) is 236 cm³/mol. The van der Waals surface area contributed by atoms with Crippen molar-refractivity contribution < 1.29 is 66.7 Å². The zero-order valence-corrected chi connectivity index (χ0v) is 37.7. The molecule has 0 aliphatic rings. The van der Waals surface area contributed by atoms with Crippen molar-refractivity contribution in [3.8, 4) is 0 Å². The maximum absolute atomic E-state index is 12.6. The number of aliphatic hydroxyl groups excluding tert-OH is 2. The molecule has 0 aliphatic heterocycles. The first-order chi connectivity index (χ1) is 28.8. The maximum Gasteiger partial charge on any atom is 0.472 e. The van der Waals surface area contributed by atoms with Gasteiger partial charge in [-0.1, -0.05) is 131 Å². The quantitative estimate of drug-likeness (QED) is 0.0128. The SMILES string of the molecule is CC/C=C\C/C=C\C/C=C\CCCCCCCC(=O)O[C@H](COC(=O)CCC/C=C/C/C=C\C[C@H](O)/C=C\C=C/CCCCC)COP(=O)(O)OC[C@@H](O)COP(=O)(O)O. The molecule has 5 N–H and O–H groups in total. The number of phosphoric ester groups is 2. The number of carbonyl (C=O) groups excluding carboxylic acids is 2. The van der Waals surface area contributed by atoms with Crippen LogP contribution in [-0.4, -0.2) is 81.6 Å². The number of ether oxygens (including phenoxy) is 2. The third kappa shape index (κ3) is 42.0. The molecule has 0 rings (SSSR count). The Morgan fingerprint density at radius 3 is 1.80 bits per heavy atom. The molecule has 344 valence electrons. The Balaban J connectivity index is 4.72. The molecule has 60 heavy (non-hydrogen) atoms. The second-order valence-electron chi connectivity index (χ2n) is 14.1. The van der Waals surface area contributed by atoms with Crippen LogP contribution in [-0.2, 0) is 41.8 Å². The van der Waals surface area contributed by atoms with E-state index in [4.69, 9.17) is 23.8 Å². The average molecular weight is 889 g/mol. The molecular weight excluding hydrogens is 814 g/mol. The molecule has 1 unspecified atom stereocenters. The van der Waals surface area contributed by atoms with Gasteiger partial charge >= 0.3 is 27.6 Å². The normalized spacial score (nSPS) is 15.4. The third-order valence-corrected chi connectivity index (χ3v) is 9.77. The van der Waals surface area contributed by atoms with Gasteiger partial charge in [-0.05, 0) is 77.0 Å². The molecule has 0 radical (unpaired) electrons. The van der Waals surface area contributed by atoms with E-state index in [0.717, 1.165) is 57.8 Å². The van der Waals surface area contributed by atoms with E-state index in [2.05, 4.69) is 65.4 Å². The Kier molecular flexibility index (Phi) is 37.3.